The van der Waals surface area contributed by atoms with Crippen LogP contribution in [0.4, 0.5) is 0 Å². The van der Waals surface area contributed by atoms with Gasteiger partial charge in [0, 0.05) is 12.2 Å². The van der Waals surface area contributed by atoms with Crippen LogP contribution in [0.5, 0.6) is 0 Å². The Hall–Kier alpha value is -1.47. The molecule has 2 aromatic rings. The molecular weight excluding hydrogens is 230 g/mol. The van der Waals surface area contributed by atoms with E-state index >= 15 is 0 Å². The zero-order valence-corrected chi connectivity index (χ0v) is 10.9. The second-order valence-electron chi connectivity index (χ2n) is 4.11. The van der Waals surface area contributed by atoms with E-state index in [1.165, 1.54) is 11.1 Å². The number of fused-ring (bicyclic) bond motifs is 1. The number of H-pyrrole nitrogens is 1. The third kappa shape index (κ3) is 2.80. The summed E-state index contributed by atoms with van der Waals surface area (Å²) >= 11 is 1.68. The minimum atomic E-state index is 0.617. The molecule has 0 amide bonds. The first-order valence-corrected chi connectivity index (χ1v) is 6.66. The van der Waals surface area contributed by atoms with Crippen molar-refractivity contribution in [1.29, 1.82) is 5.26 Å². The van der Waals surface area contributed by atoms with Crippen LogP contribution >= 0.6 is 11.8 Å². The van der Waals surface area contributed by atoms with Crippen LogP contribution in [0, 0.1) is 25.2 Å². The van der Waals surface area contributed by atoms with Gasteiger partial charge in [-0.05, 0) is 43.5 Å². The molecule has 1 heterocycles. The largest absolute Gasteiger partial charge is 0.333 e. The van der Waals surface area contributed by atoms with Crippen molar-refractivity contribution in [3.63, 3.8) is 0 Å². The predicted molar refractivity (Wildman–Crippen MR) is 71.1 cm³/mol. The molecule has 1 aromatic heterocycles. The summed E-state index contributed by atoms with van der Waals surface area (Å²) in [4.78, 5) is 7.85. The third-order valence-electron chi connectivity index (χ3n) is 2.75. The number of aryl methyl sites for hydroxylation is 2. The van der Waals surface area contributed by atoms with Crippen molar-refractivity contribution >= 4 is 22.8 Å². The maximum atomic E-state index is 8.46. The van der Waals surface area contributed by atoms with Crippen LogP contribution in [0.2, 0.25) is 0 Å². The van der Waals surface area contributed by atoms with Crippen molar-refractivity contribution in [3.05, 3.63) is 23.3 Å². The second-order valence-corrected chi connectivity index (χ2v) is 5.19. The average Bonchev–Trinajstić information content (AvgIpc) is 2.67. The molecule has 2 rings (SSSR count). The first kappa shape index (κ1) is 12.0. The van der Waals surface area contributed by atoms with Gasteiger partial charge in [0.1, 0.15) is 0 Å². The molecule has 0 unspecified atom stereocenters. The topological polar surface area (TPSA) is 52.5 Å². The Labute approximate surface area is 105 Å². The Morgan fingerprint density at radius 3 is 2.88 bits per heavy atom. The van der Waals surface area contributed by atoms with E-state index in [0.717, 1.165) is 28.4 Å². The summed E-state index contributed by atoms with van der Waals surface area (Å²) < 4.78 is 0. The van der Waals surface area contributed by atoms with Crippen molar-refractivity contribution in [1.82, 2.24) is 9.97 Å². The molecular formula is C13H15N3S. The van der Waals surface area contributed by atoms with Gasteiger partial charge >= 0.3 is 0 Å². The standard InChI is InChI=1S/C13H15N3S/c1-9-7-11-12(8-10(9)2)16-13(15-11)17-6-4-3-5-14/h7-8H,3-4,6H2,1-2H3,(H,15,16). The molecule has 3 nitrogen and oxygen atoms in total. The van der Waals surface area contributed by atoms with E-state index in [9.17, 15) is 0 Å². The molecule has 0 aliphatic heterocycles. The van der Waals surface area contributed by atoms with Crippen LogP contribution in [0.3, 0.4) is 0 Å². The zero-order chi connectivity index (χ0) is 12.3. The van der Waals surface area contributed by atoms with Crippen molar-refractivity contribution < 1.29 is 0 Å². The van der Waals surface area contributed by atoms with E-state index in [4.69, 9.17) is 5.26 Å². The normalized spacial score (nSPS) is 10.6. The molecule has 0 aliphatic carbocycles. The van der Waals surface area contributed by atoms with Gasteiger partial charge in [0.25, 0.3) is 0 Å². The number of thioether (sulfide) groups is 1. The molecule has 0 bridgehead atoms. The number of rotatable bonds is 4. The summed E-state index contributed by atoms with van der Waals surface area (Å²) in [7, 11) is 0. The number of unbranched alkanes of at least 4 members (excludes halogenated alkanes) is 1. The number of nitrogens with zero attached hydrogens (tertiary/aromatic N) is 2. The second kappa shape index (κ2) is 5.24. The molecule has 0 radical (unpaired) electrons. The lowest BCUT2D eigenvalue weighted by atomic mass is 10.1. The van der Waals surface area contributed by atoms with Crippen LogP contribution in [-0.2, 0) is 0 Å². The lowest BCUT2D eigenvalue weighted by Crippen LogP contribution is -1.80. The van der Waals surface area contributed by atoms with Gasteiger partial charge in [-0.1, -0.05) is 11.8 Å². The zero-order valence-electron chi connectivity index (χ0n) is 10.1. The molecule has 1 aromatic carbocycles. The van der Waals surface area contributed by atoms with Crippen molar-refractivity contribution in [2.45, 2.75) is 31.8 Å². The van der Waals surface area contributed by atoms with Gasteiger partial charge in [-0.25, -0.2) is 4.98 Å². The Morgan fingerprint density at radius 2 is 2.12 bits per heavy atom. The van der Waals surface area contributed by atoms with Gasteiger partial charge in [-0.3, -0.25) is 0 Å². The molecule has 0 aliphatic rings. The highest BCUT2D eigenvalue weighted by Gasteiger charge is 2.04. The smallest absolute Gasteiger partial charge is 0.166 e. The van der Waals surface area contributed by atoms with E-state index in [-0.39, 0.29) is 0 Å². The minimum Gasteiger partial charge on any atom is -0.333 e. The number of aromatic nitrogens is 2. The fourth-order valence-corrected chi connectivity index (χ4v) is 2.46. The molecule has 1 N–H and O–H groups in total. The fraction of sp³-hybridized carbons (Fsp3) is 0.385. The Bertz CT molecular complexity index is 527. The molecule has 0 saturated heterocycles. The quantitative estimate of drug-likeness (QED) is 0.661. The molecule has 17 heavy (non-hydrogen) atoms. The van der Waals surface area contributed by atoms with Crippen LogP contribution < -0.4 is 0 Å². The van der Waals surface area contributed by atoms with Gasteiger partial charge < -0.3 is 4.98 Å². The monoisotopic (exact) mass is 245 g/mol. The van der Waals surface area contributed by atoms with E-state index < -0.39 is 0 Å². The Balaban J connectivity index is 2.12. The molecule has 0 fully saturated rings. The predicted octanol–water partition coefficient (Wildman–Crippen LogP) is 3.58. The summed E-state index contributed by atoms with van der Waals surface area (Å²) in [5.41, 5.74) is 4.67. The summed E-state index contributed by atoms with van der Waals surface area (Å²) in [6.45, 7) is 4.21. The summed E-state index contributed by atoms with van der Waals surface area (Å²) in [5.74, 6) is 0.936. The van der Waals surface area contributed by atoms with E-state index in [2.05, 4.69) is 42.0 Å². The molecule has 0 atom stereocenters. The summed E-state index contributed by atoms with van der Waals surface area (Å²) in [5, 5.41) is 9.40. The highest BCUT2D eigenvalue weighted by molar-refractivity contribution is 7.99. The Morgan fingerprint density at radius 1 is 1.35 bits per heavy atom. The van der Waals surface area contributed by atoms with Gasteiger partial charge in [0.2, 0.25) is 0 Å². The van der Waals surface area contributed by atoms with E-state index in [1.807, 2.05) is 0 Å². The van der Waals surface area contributed by atoms with E-state index in [1.54, 1.807) is 11.8 Å². The lowest BCUT2D eigenvalue weighted by molar-refractivity contribution is 0.972. The van der Waals surface area contributed by atoms with Crippen molar-refractivity contribution in [2.24, 2.45) is 0 Å². The molecule has 0 saturated carbocycles. The first-order chi connectivity index (χ1) is 8.20. The highest BCUT2D eigenvalue weighted by atomic mass is 32.2. The van der Waals surface area contributed by atoms with Crippen LogP contribution in [0.25, 0.3) is 11.0 Å². The van der Waals surface area contributed by atoms with Gasteiger partial charge in [-0.15, -0.1) is 0 Å². The maximum absolute atomic E-state index is 8.46. The molecule has 4 heteroatoms. The van der Waals surface area contributed by atoms with E-state index in [0.29, 0.717) is 6.42 Å². The fourth-order valence-electron chi connectivity index (χ4n) is 1.63. The van der Waals surface area contributed by atoms with Crippen LogP contribution in [0.15, 0.2) is 17.3 Å². The molecule has 88 valence electrons. The Kier molecular flexibility index (Phi) is 3.70. The first-order valence-electron chi connectivity index (χ1n) is 5.67. The third-order valence-corrected chi connectivity index (χ3v) is 3.71. The minimum absolute atomic E-state index is 0.617. The number of nitrogens with one attached hydrogen (secondary N) is 1. The number of benzene rings is 1. The summed E-state index contributed by atoms with van der Waals surface area (Å²) in [6, 6.07) is 6.40. The number of hydrogen-bond donors (Lipinski definition) is 1. The van der Waals surface area contributed by atoms with Crippen molar-refractivity contribution in [2.75, 3.05) is 5.75 Å². The average molecular weight is 245 g/mol. The van der Waals surface area contributed by atoms with Gasteiger partial charge in [0.15, 0.2) is 5.16 Å². The number of nitriles is 1. The van der Waals surface area contributed by atoms with Gasteiger partial charge in [0.05, 0.1) is 17.1 Å². The number of imidazole rings is 1. The number of hydrogen-bond acceptors (Lipinski definition) is 3. The van der Waals surface area contributed by atoms with Crippen LogP contribution in [-0.4, -0.2) is 15.7 Å². The van der Waals surface area contributed by atoms with Gasteiger partial charge in [-0.2, -0.15) is 5.26 Å². The number of aromatic amines is 1. The molecule has 0 spiro atoms. The lowest BCUT2D eigenvalue weighted by Gasteiger charge is -1.97. The maximum Gasteiger partial charge on any atom is 0.166 e. The SMILES string of the molecule is Cc1cc2nc(SCCCC#N)[nH]c2cc1C. The van der Waals surface area contributed by atoms with Crippen LogP contribution in [0.1, 0.15) is 24.0 Å². The summed E-state index contributed by atoms with van der Waals surface area (Å²) in [6.07, 6.45) is 1.53. The van der Waals surface area contributed by atoms with Crippen molar-refractivity contribution in [3.8, 4) is 6.07 Å². The highest BCUT2D eigenvalue weighted by Crippen LogP contribution is 2.22.